The highest BCUT2D eigenvalue weighted by Gasteiger charge is 2.42. The molecular formula is C25H16BrN3O3S2. The zero-order valence-electron chi connectivity index (χ0n) is 17.5. The summed E-state index contributed by atoms with van der Waals surface area (Å²) in [6.07, 6.45) is 0. The van der Waals surface area contributed by atoms with Gasteiger partial charge in [0, 0.05) is 15.6 Å². The van der Waals surface area contributed by atoms with Crippen molar-refractivity contribution in [2.24, 2.45) is 0 Å². The SMILES string of the molecule is O=C(NN1C(=O)/C(=C2/C(=O)N(Cc3ccccc3)c3ccccc32)SC1=S)c1ccc(Br)cc1. The minimum Gasteiger partial charge on any atom is -0.303 e. The molecule has 1 saturated heterocycles. The number of rotatable bonds is 4. The normalized spacial score (nSPS) is 17.4. The largest absolute Gasteiger partial charge is 0.303 e. The first kappa shape index (κ1) is 22.5. The summed E-state index contributed by atoms with van der Waals surface area (Å²) in [5.74, 6) is -1.27. The Morgan fingerprint density at radius 1 is 0.912 bits per heavy atom. The van der Waals surface area contributed by atoms with Crippen molar-refractivity contribution in [2.45, 2.75) is 6.54 Å². The molecule has 0 aliphatic carbocycles. The highest BCUT2D eigenvalue weighted by atomic mass is 79.9. The van der Waals surface area contributed by atoms with E-state index in [1.165, 1.54) is 0 Å². The molecule has 1 fully saturated rings. The van der Waals surface area contributed by atoms with Crippen LogP contribution in [0.25, 0.3) is 5.57 Å². The second-order valence-electron chi connectivity index (χ2n) is 7.55. The van der Waals surface area contributed by atoms with Gasteiger partial charge >= 0.3 is 0 Å². The van der Waals surface area contributed by atoms with E-state index >= 15 is 0 Å². The summed E-state index contributed by atoms with van der Waals surface area (Å²) in [6.45, 7) is 0.376. The van der Waals surface area contributed by atoms with E-state index in [2.05, 4.69) is 21.4 Å². The van der Waals surface area contributed by atoms with Crippen LogP contribution in [0, 0.1) is 0 Å². The number of nitrogens with zero attached hydrogens (tertiary/aromatic N) is 2. The average Bonchev–Trinajstić information content (AvgIpc) is 3.27. The van der Waals surface area contributed by atoms with E-state index in [-0.39, 0.29) is 15.1 Å². The van der Waals surface area contributed by atoms with Crippen LogP contribution in [0.2, 0.25) is 0 Å². The number of hydrazine groups is 1. The van der Waals surface area contributed by atoms with Gasteiger partial charge in [-0.05, 0) is 48.1 Å². The number of carbonyl (C=O) groups excluding carboxylic acids is 3. The first-order valence-corrected chi connectivity index (χ1v) is 12.3. The number of carbonyl (C=O) groups is 3. The maximum Gasteiger partial charge on any atom is 0.286 e. The molecule has 0 saturated carbocycles. The maximum atomic E-state index is 13.5. The van der Waals surface area contributed by atoms with Crippen LogP contribution in [0.4, 0.5) is 5.69 Å². The molecule has 168 valence electrons. The Labute approximate surface area is 213 Å². The molecular weight excluding hydrogens is 534 g/mol. The Balaban J connectivity index is 1.47. The number of anilines is 1. The fourth-order valence-electron chi connectivity index (χ4n) is 3.81. The van der Waals surface area contributed by atoms with Crippen LogP contribution in [0.1, 0.15) is 21.5 Å². The molecule has 3 aromatic rings. The van der Waals surface area contributed by atoms with Crippen molar-refractivity contribution in [3.8, 4) is 0 Å². The minimum atomic E-state index is -0.528. The van der Waals surface area contributed by atoms with E-state index < -0.39 is 11.8 Å². The first-order valence-electron chi connectivity index (χ1n) is 10.3. The lowest BCUT2D eigenvalue weighted by atomic mass is 10.1. The molecule has 2 heterocycles. The van der Waals surface area contributed by atoms with Crippen molar-refractivity contribution >= 4 is 73.2 Å². The quantitative estimate of drug-likeness (QED) is 0.369. The molecule has 0 aromatic heterocycles. The van der Waals surface area contributed by atoms with E-state index in [4.69, 9.17) is 12.2 Å². The van der Waals surface area contributed by atoms with E-state index in [0.717, 1.165) is 32.5 Å². The fourth-order valence-corrected chi connectivity index (χ4v) is 5.32. The number of hydrogen-bond acceptors (Lipinski definition) is 5. The monoisotopic (exact) mass is 549 g/mol. The molecule has 2 aliphatic heterocycles. The lowest BCUT2D eigenvalue weighted by molar-refractivity contribution is -0.124. The van der Waals surface area contributed by atoms with Gasteiger partial charge < -0.3 is 4.90 Å². The van der Waals surface area contributed by atoms with Crippen LogP contribution >= 0.6 is 39.9 Å². The third-order valence-corrected chi connectivity index (χ3v) is 7.32. The minimum absolute atomic E-state index is 0.157. The lowest BCUT2D eigenvalue weighted by Crippen LogP contribution is -2.45. The van der Waals surface area contributed by atoms with Crippen molar-refractivity contribution in [2.75, 3.05) is 4.90 Å². The van der Waals surface area contributed by atoms with Crippen molar-refractivity contribution < 1.29 is 14.4 Å². The summed E-state index contributed by atoms with van der Waals surface area (Å²) in [6, 6.07) is 23.8. The van der Waals surface area contributed by atoms with Crippen LogP contribution in [0.15, 0.2) is 88.2 Å². The highest BCUT2D eigenvalue weighted by Crippen LogP contribution is 2.44. The molecule has 5 rings (SSSR count). The van der Waals surface area contributed by atoms with Gasteiger partial charge in [-0.1, -0.05) is 76.2 Å². The number of hydrogen-bond donors (Lipinski definition) is 1. The Morgan fingerprint density at radius 3 is 2.32 bits per heavy atom. The maximum absolute atomic E-state index is 13.5. The van der Waals surface area contributed by atoms with Gasteiger partial charge in [-0.15, -0.1) is 0 Å². The highest BCUT2D eigenvalue weighted by molar-refractivity contribution is 9.10. The van der Waals surface area contributed by atoms with Gasteiger partial charge in [0.1, 0.15) is 0 Å². The standard InChI is InChI=1S/C25H16BrN3O3S2/c26-17-12-10-16(11-13-17)22(30)27-29-24(32)21(34-25(29)33)20-18-8-4-5-9-19(18)28(23(20)31)14-15-6-2-1-3-7-15/h1-13H,14H2,(H,27,30)/b21-20-. The Kier molecular flexibility index (Phi) is 6.07. The van der Waals surface area contributed by atoms with Crippen molar-refractivity contribution in [3.63, 3.8) is 0 Å². The zero-order valence-corrected chi connectivity index (χ0v) is 20.7. The summed E-state index contributed by atoms with van der Waals surface area (Å²) >= 11 is 9.72. The molecule has 2 aliphatic rings. The summed E-state index contributed by atoms with van der Waals surface area (Å²) in [4.78, 5) is 41.4. The van der Waals surface area contributed by atoms with Crippen LogP contribution in [-0.4, -0.2) is 27.1 Å². The van der Waals surface area contributed by atoms with E-state index in [0.29, 0.717) is 23.2 Å². The lowest BCUT2D eigenvalue weighted by Gasteiger charge is -2.17. The average molecular weight is 550 g/mol. The zero-order chi connectivity index (χ0) is 23.8. The predicted molar refractivity (Wildman–Crippen MR) is 140 cm³/mol. The molecule has 9 heteroatoms. The van der Waals surface area contributed by atoms with Crippen LogP contribution in [0.5, 0.6) is 0 Å². The fraction of sp³-hybridized carbons (Fsp3) is 0.0400. The second kappa shape index (κ2) is 9.17. The third kappa shape index (κ3) is 4.06. The molecule has 3 aromatic carbocycles. The Bertz CT molecular complexity index is 1370. The first-order chi connectivity index (χ1) is 16.4. The smallest absolute Gasteiger partial charge is 0.286 e. The Morgan fingerprint density at radius 2 is 1.59 bits per heavy atom. The van der Waals surface area contributed by atoms with Crippen LogP contribution < -0.4 is 10.3 Å². The molecule has 0 unspecified atom stereocenters. The van der Waals surface area contributed by atoms with Gasteiger partial charge in [-0.2, -0.15) is 5.01 Å². The van der Waals surface area contributed by atoms with E-state index in [1.807, 2.05) is 54.6 Å². The topological polar surface area (TPSA) is 69.7 Å². The number of thioether (sulfide) groups is 1. The number of benzene rings is 3. The molecule has 6 nitrogen and oxygen atoms in total. The molecule has 34 heavy (non-hydrogen) atoms. The van der Waals surface area contributed by atoms with Crippen LogP contribution in [0.3, 0.4) is 0 Å². The molecule has 0 radical (unpaired) electrons. The number of para-hydroxylation sites is 1. The van der Waals surface area contributed by atoms with E-state index in [1.54, 1.807) is 29.2 Å². The molecule has 1 N–H and O–H groups in total. The molecule has 0 spiro atoms. The van der Waals surface area contributed by atoms with Gasteiger partial charge in [0.15, 0.2) is 4.32 Å². The number of amides is 3. The summed E-state index contributed by atoms with van der Waals surface area (Å²) < 4.78 is 0.989. The van der Waals surface area contributed by atoms with Gasteiger partial charge in [0.05, 0.1) is 22.7 Å². The predicted octanol–water partition coefficient (Wildman–Crippen LogP) is 4.91. The van der Waals surface area contributed by atoms with Gasteiger partial charge in [0.25, 0.3) is 17.7 Å². The summed E-state index contributed by atoms with van der Waals surface area (Å²) in [5, 5.41) is 1.03. The molecule has 3 amide bonds. The van der Waals surface area contributed by atoms with Crippen LogP contribution in [-0.2, 0) is 16.1 Å². The Hall–Kier alpha value is -3.27. The van der Waals surface area contributed by atoms with Gasteiger partial charge in [0.2, 0.25) is 0 Å². The van der Waals surface area contributed by atoms with Crippen molar-refractivity contribution in [3.05, 3.63) is 105 Å². The van der Waals surface area contributed by atoms with Gasteiger partial charge in [-0.25, -0.2) is 0 Å². The summed E-state index contributed by atoms with van der Waals surface area (Å²) in [5.41, 5.74) is 5.61. The van der Waals surface area contributed by atoms with Crippen molar-refractivity contribution in [1.82, 2.24) is 10.4 Å². The molecule has 0 bridgehead atoms. The molecule has 0 atom stereocenters. The third-order valence-electron chi connectivity index (χ3n) is 5.42. The number of nitrogens with one attached hydrogen (secondary N) is 1. The van der Waals surface area contributed by atoms with Gasteiger partial charge in [-0.3, -0.25) is 19.8 Å². The van der Waals surface area contributed by atoms with E-state index in [9.17, 15) is 14.4 Å². The van der Waals surface area contributed by atoms with Crippen molar-refractivity contribution in [1.29, 1.82) is 0 Å². The number of thiocarbonyl (C=S) groups is 1. The number of fused-ring (bicyclic) bond motifs is 1. The second-order valence-corrected chi connectivity index (χ2v) is 10.1. The number of halogens is 1. The summed E-state index contributed by atoms with van der Waals surface area (Å²) in [7, 11) is 0.